The van der Waals surface area contributed by atoms with Crippen LogP contribution >= 0.6 is 0 Å². The van der Waals surface area contributed by atoms with Gasteiger partial charge in [0.2, 0.25) is 0 Å². The number of aryl methyl sites for hydroxylation is 1. The average Bonchev–Trinajstić information content (AvgIpc) is 3.21. The monoisotopic (exact) mass is 380 g/mol. The molecule has 1 aromatic heterocycles. The molecule has 142 valence electrons. The first-order valence-electron chi connectivity index (χ1n) is 9.70. The van der Waals surface area contributed by atoms with E-state index in [4.69, 9.17) is 0 Å². The fourth-order valence-corrected chi connectivity index (χ4v) is 3.92. The van der Waals surface area contributed by atoms with Crippen LogP contribution in [0.25, 0.3) is 22.0 Å². The second-order valence-electron chi connectivity index (χ2n) is 7.28. The van der Waals surface area contributed by atoms with Gasteiger partial charge < -0.3 is 0 Å². The van der Waals surface area contributed by atoms with Crippen molar-refractivity contribution in [3.05, 3.63) is 89.1 Å². The summed E-state index contributed by atoms with van der Waals surface area (Å²) in [6.45, 7) is 1.89. The molecule has 0 radical (unpaired) electrons. The fourth-order valence-electron chi connectivity index (χ4n) is 3.92. The van der Waals surface area contributed by atoms with Crippen LogP contribution in [0.2, 0.25) is 0 Å². The maximum atomic E-state index is 12.7. The second kappa shape index (κ2) is 7.02. The lowest BCUT2D eigenvalue weighted by Crippen LogP contribution is -2.21. The van der Waals surface area contributed by atoms with Gasteiger partial charge >= 0.3 is 0 Å². The number of carbonyl (C=O) groups excluding carboxylic acids is 1. The number of benzene rings is 3. The summed E-state index contributed by atoms with van der Waals surface area (Å²) in [6, 6.07) is 22.5. The van der Waals surface area contributed by atoms with Gasteiger partial charge in [-0.1, -0.05) is 60.7 Å². The van der Waals surface area contributed by atoms with Gasteiger partial charge in [0.25, 0.3) is 5.91 Å². The highest BCUT2D eigenvalue weighted by atomic mass is 16.2. The molecule has 5 nitrogen and oxygen atoms in total. The van der Waals surface area contributed by atoms with Crippen molar-refractivity contribution in [3.8, 4) is 11.3 Å². The van der Waals surface area contributed by atoms with Crippen LogP contribution in [-0.2, 0) is 12.8 Å². The zero-order valence-electron chi connectivity index (χ0n) is 16.1. The Labute approximate surface area is 168 Å². The highest BCUT2D eigenvalue weighted by Gasteiger charge is 2.24. The third kappa shape index (κ3) is 3.10. The van der Waals surface area contributed by atoms with Crippen molar-refractivity contribution >= 4 is 22.4 Å². The van der Waals surface area contributed by atoms with Crippen molar-refractivity contribution in [2.45, 2.75) is 19.8 Å². The van der Waals surface area contributed by atoms with Gasteiger partial charge in [-0.2, -0.15) is 10.2 Å². The van der Waals surface area contributed by atoms with Gasteiger partial charge in [-0.15, -0.1) is 0 Å². The minimum absolute atomic E-state index is 0.265. The summed E-state index contributed by atoms with van der Waals surface area (Å²) in [4.78, 5) is 12.7. The minimum Gasteiger partial charge on any atom is -0.272 e. The molecule has 0 aliphatic heterocycles. The van der Waals surface area contributed by atoms with E-state index in [2.05, 4.69) is 57.1 Å². The summed E-state index contributed by atoms with van der Waals surface area (Å²) in [6.07, 6.45) is 1.70. The van der Waals surface area contributed by atoms with Crippen LogP contribution in [0.15, 0.2) is 71.8 Å². The zero-order valence-corrected chi connectivity index (χ0v) is 16.1. The van der Waals surface area contributed by atoms with Gasteiger partial charge in [-0.05, 0) is 47.7 Å². The molecule has 0 saturated carbocycles. The Kier molecular flexibility index (Phi) is 4.21. The van der Waals surface area contributed by atoms with Crippen LogP contribution < -0.4 is 5.43 Å². The predicted octanol–water partition coefficient (Wildman–Crippen LogP) is 4.48. The van der Waals surface area contributed by atoms with Gasteiger partial charge in [0.05, 0.1) is 11.4 Å². The van der Waals surface area contributed by atoms with Gasteiger partial charge in [-0.3, -0.25) is 9.89 Å². The molecule has 1 aliphatic rings. The number of nitrogens with one attached hydrogen (secondary N) is 2. The lowest BCUT2D eigenvalue weighted by Gasteiger charge is -2.15. The highest BCUT2D eigenvalue weighted by Crippen LogP contribution is 2.33. The van der Waals surface area contributed by atoms with E-state index in [0.29, 0.717) is 5.69 Å². The van der Waals surface area contributed by atoms with Crippen LogP contribution in [0, 0.1) is 0 Å². The van der Waals surface area contributed by atoms with E-state index >= 15 is 0 Å². The number of aromatic nitrogens is 2. The summed E-state index contributed by atoms with van der Waals surface area (Å²) in [5.74, 6) is -0.265. The summed E-state index contributed by atoms with van der Waals surface area (Å²) in [5.41, 5.74) is 9.09. The van der Waals surface area contributed by atoms with Crippen molar-refractivity contribution in [1.82, 2.24) is 15.6 Å². The van der Waals surface area contributed by atoms with Gasteiger partial charge in [0.1, 0.15) is 5.69 Å². The van der Waals surface area contributed by atoms with Crippen molar-refractivity contribution in [2.75, 3.05) is 0 Å². The Hall–Kier alpha value is -3.73. The summed E-state index contributed by atoms with van der Waals surface area (Å²) in [5, 5.41) is 14.0. The molecule has 0 spiro atoms. The maximum absolute atomic E-state index is 12.7. The van der Waals surface area contributed by atoms with Crippen molar-refractivity contribution in [1.29, 1.82) is 0 Å². The van der Waals surface area contributed by atoms with E-state index in [-0.39, 0.29) is 5.91 Å². The molecule has 0 unspecified atom stereocenters. The molecular weight excluding hydrogens is 360 g/mol. The normalized spacial score (nSPS) is 13.1. The third-order valence-electron chi connectivity index (χ3n) is 5.50. The Balaban J connectivity index is 1.39. The predicted molar refractivity (Wildman–Crippen MR) is 115 cm³/mol. The summed E-state index contributed by atoms with van der Waals surface area (Å²) in [7, 11) is 0. The molecule has 3 aromatic carbocycles. The Morgan fingerprint density at radius 3 is 2.69 bits per heavy atom. The molecule has 29 heavy (non-hydrogen) atoms. The number of carbonyl (C=O) groups is 1. The van der Waals surface area contributed by atoms with Crippen LogP contribution in [0.5, 0.6) is 0 Å². The molecule has 1 amide bonds. The van der Waals surface area contributed by atoms with E-state index in [1.165, 1.54) is 10.9 Å². The van der Waals surface area contributed by atoms with E-state index < -0.39 is 0 Å². The van der Waals surface area contributed by atoms with E-state index in [0.717, 1.165) is 46.3 Å². The molecule has 0 atom stereocenters. The molecule has 1 heterocycles. The van der Waals surface area contributed by atoms with E-state index in [1.807, 2.05) is 37.3 Å². The lowest BCUT2D eigenvalue weighted by atomic mass is 9.89. The number of amides is 1. The average molecular weight is 380 g/mol. The SMILES string of the molecule is CC(=NNC(=O)c1[nH]nc2c1CCc1ccccc1-2)c1ccc2ccccc2c1. The molecule has 0 saturated heterocycles. The molecule has 5 heteroatoms. The first kappa shape index (κ1) is 17.4. The number of rotatable bonds is 3. The largest absolute Gasteiger partial charge is 0.289 e. The molecular formula is C24H20N4O. The minimum atomic E-state index is -0.265. The molecule has 4 aromatic rings. The molecule has 0 fully saturated rings. The Bertz CT molecular complexity index is 1270. The first-order chi connectivity index (χ1) is 14.2. The second-order valence-corrected chi connectivity index (χ2v) is 7.28. The summed E-state index contributed by atoms with van der Waals surface area (Å²) < 4.78 is 0. The number of H-pyrrole nitrogens is 1. The lowest BCUT2D eigenvalue weighted by molar-refractivity contribution is 0.0949. The Morgan fingerprint density at radius 2 is 1.79 bits per heavy atom. The van der Waals surface area contributed by atoms with Crippen molar-refractivity contribution in [3.63, 3.8) is 0 Å². The van der Waals surface area contributed by atoms with Crippen LogP contribution in [0.4, 0.5) is 0 Å². The molecule has 1 aliphatic carbocycles. The molecule has 2 N–H and O–H groups in total. The smallest absolute Gasteiger partial charge is 0.272 e. The highest BCUT2D eigenvalue weighted by molar-refractivity contribution is 6.03. The molecule has 0 bridgehead atoms. The third-order valence-corrected chi connectivity index (χ3v) is 5.50. The fraction of sp³-hybridized carbons (Fsp3) is 0.125. The van der Waals surface area contributed by atoms with Crippen molar-refractivity contribution < 1.29 is 4.79 Å². The number of hydrogen-bond acceptors (Lipinski definition) is 3. The van der Waals surface area contributed by atoms with Crippen LogP contribution in [0.1, 0.15) is 34.1 Å². The number of fused-ring (bicyclic) bond motifs is 4. The first-order valence-corrected chi connectivity index (χ1v) is 9.70. The number of hydrogen-bond donors (Lipinski definition) is 2. The van der Waals surface area contributed by atoms with Crippen LogP contribution in [0.3, 0.4) is 0 Å². The molecule has 5 rings (SSSR count). The van der Waals surface area contributed by atoms with Gasteiger partial charge in [0.15, 0.2) is 0 Å². The quantitative estimate of drug-likeness (QED) is 0.406. The van der Waals surface area contributed by atoms with Crippen molar-refractivity contribution in [2.24, 2.45) is 5.10 Å². The zero-order chi connectivity index (χ0) is 19.8. The Morgan fingerprint density at radius 1 is 1.00 bits per heavy atom. The van der Waals surface area contributed by atoms with Gasteiger partial charge in [0, 0.05) is 11.1 Å². The topological polar surface area (TPSA) is 70.1 Å². The number of nitrogens with zero attached hydrogens (tertiary/aromatic N) is 2. The van der Waals surface area contributed by atoms with E-state index in [1.54, 1.807) is 0 Å². The van der Waals surface area contributed by atoms with Gasteiger partial charge in [-0.25, -0.2) is 5.43 Å². The number of aromatic amines is 1. The summed E-state index contributed by atoms with van der Waals surface area (Å²) >= 11 is 0. The maximum Gasteiger partial charge on any atom is 0.289 e. The number of hydrazone groups is 1. The standard InChI is InChI=1S/C24H20N4O/c1-15(18-11-10-16-6-2-3-8-19(16)14-18)25-28-24(29)23-21-13-12-17-7-4-5-9-20(17)22(21)26-27-23/h2-11,14H,12-13H2,1H3,(H,26,27)(H,28,29). The van der Waals surface area contributed by atoms with Crippen LogP contribution in [-0.4, -0.2) is 21.8 Å². The van der Waals surface area contributed by atoms with E-state index in [9.17, 15) is 4.79 Å².